The lowest BCUT2D eigenvalue weighted by Crippen LogP contribution is -2.44. The Morgan fingerprint density at radius 2 is 1.28 bits per heavy atom. The van der Waals surface area contributed by atoms with Gasteiger partial charge in [-0.1, -0.05) is 41.5 Å². The van der Waals surface area contributed by atoms with Crippen LogP contribution in [0.3, 0.4) is 0 Å². The molecule has 2 heteroatoms. The smallest absolute Gasteiger partial charge is 0.0192 e. The van der Waals surface area contributed by atoms with Crippen LogP contribution in [0.5, 0.6) is 0 Å². The molecule has 0 bridgehead atoms. The minimum absolute atomic E-state index is 0.641. The summed E-state index contributed by atoms with van der Waals surface area (Å²) in [6, 6.07) is 0.641. The van der Waals surface area contributed by atoms with Gasteiger partial charge in [-0.2, -0.15) is 0 Å². The summed E-state index contributed by atoms with van der Waals surface area (Å²) in [4.78, 5) is 2.64. The SMILES string of the molecule is CC(C)CCNCC(C)N(CC(C)C)CC(C)C. The molecule has 0 spiro atoms. The van der Waals surface area contributed by atoms with Crippen molar-refractivity contribution >= 4 is 0 Å². The van der Waals surface area contributed by atoms with E-state index < -0.39 is 0 Å². The fourth-order valence-corrected chi connectivity index (χ4v) is 2.20. The molecule has 0 amide bonds. The van der Waals surface area contributed by atoms with Gasteiger partial charge in [0, 0.05) is 25.7 Å². The van der Waals surface area contributed by atoms with E-state index in [2.05, 4.69) is 58.7 Å². The molecule has 1 N–H and O–H groups in total. The third-order valence-electron chi connectivity index (χ3n) is 3.16. The van der Waals surface area contributed by atoms with Crippen LogP contribution < -0.4 is 5.32 Å². The van der Waals surface area contributed by atoms with Crippen LogP contribution in [-0.4, -0.2) is 37.1 Å². The van der Waals surface area contributed by atoms with E-state index in [1.54, 1.807) is 0 Å². The van der Waals surface area contributed by atoms with Crippen LogP contribution in [0.25, 0.3) is 0 Å². The minimum Gasteiger partial charge on any atom is -0.315 e. The molecule has 1 unspecified atom stereocenters. The molecule has 0 saturated carbocycles. The Balaban J connectivity index is 3.99. The topological polar surface area (TPSA) is 15.3 Å². The van der Waals surface area contributed by atoms with E-state index in [1.807, 2.05) is 0 Å². The number of hydrogen-bond donors (Lipinski definition) is 1. The number of rotatable bonds is 10. The Hall–Kier alpha value is -0.0800. The third-order valence-corrected chi connectivity index (χ3v) is 3.16. The van der Waals surface area contributed by atoms with Crippen molar-refractivity contribution in [3.05, 3.63) is 0 Å². The molecule has 0 radical (unpaired) electrons. The normalized spacial score (nSPS) is 14.2. The highest BCUT2D eigenvalue weighted by Crippen LogP contribution is 2.08. The lowest BCUT2D eigenvalue weighted by Gasteiger charge is -2.32. The van der Waals surface area contributed by atoms with Crippen LogP contribution in [0.2, 0.25) is 0 Å². The summed E-state index contributed by atoms with van der Waals surface area (Å²) in [6.45, 7) is 20.9. The van der Waals surface area contributed by atoms with Gasteiger partial charge < -0.3 is 5.32 Å². The van der Waals surface area contributed by atoms with Crippen LogP contribution in [0.15, 0.2) is 0 Å². The first-order valence-electron chi connectivity index (χ1n) is 7.77. The summed E-state index contributed by atoms with van der Waals surface area (Å²) >= 11 is 0. The average Bonchev–Trinajstić information content (AvgIpc) is 2.21. The van der Waals surface area contributed by atoms with Gasteiger partial charge in [-0.05, 0) is 37.6 Å². The summed E-state index contributed by atoms with van der Waals surface area (Å²) in [5, 5.41) is 3.60. The van der Waals surface area contributed by atoms with Crippen molar-refractivity contribution in [3.63, 3.8) is 0 Å². The van der Waals surface area contributed by atoms with Gasteiger partial charge in [0.25, 0.3) is 0 Å². The van der Waals surface area contributed by atoms with E-state index in [0.29, 0.717) is 6.04 Å². The predicted octanol–water partition coefficient (Wildman–Crippen LogP) is 3.62. The fraction of sp³-hybridized carbons (Fsp3) is 1.00. The molecule has 0 aromatic rings. The highest BCUT2D eigenvalue weighted by Gasteiger charge is 2.15. The lowest BCUT2D eigenvalue weighted by atomic mass is 10.1. The molecule has 0 saturated heterocycles. The Bertz CT molecular complexity index is 178. The van der Waals surface area contributed by atoms with Gasteiger partial charge in [0.15, 0.2) is 0 Å². The van der Waals surface area contributed by atoms with E-state index in [9.17, 15) is 0 Å². The Morgan fingerprint density at radius 1 is 0.778 bits per heavy atom. The van der Waals surface area contributed by atoms with Gasteiger partial charge >= 0.3 is 0 Å². The molecule has 18 heavy (non-hydrogen) atoms. The second-order valence-electron chi connectivity index (χ2n) is 6.98. The molecule has 110 valence electrons. The molecular weight excluding hydrogens is 220 g/mol. The maximum Gasteiger partial charge on any atom is 0.0192 e. The van der Waals surface area contributed by atoms with Gasteiger partial charge in [-0.25, -0.2) is 0 Å². The molecule has 0 fully saturated rings. The summed E-state index contributed by atoms with van der Waals surface area (Å²) < 4.78 is 0. The Kier molecular flexibility index (Phi) is 9.76. The summed E-state index contributed by atoms with van der Waals surface area (Å²) in [5.41, 5.74) is 0. The van der Waals surface area contributed by atoms with Crippen LogP contribution in [0, 0.1) is 17.8 Å². The first-order valence-corrected chi connectivity index (χ1v) is 7.77. The molecule has 0 heterocycles. The van der Waals surface area contributed by atoms with E-state index >= 15 is 0 Å². The van der Waals surface area contributed by atoms with E-state index in [-0.39, 0.29) is 0 Å². The molecule has 0 rings (SSSR count). The number of hydrogen-bond acceptors (Lipinski definition) is 2. The second-order valence-corrected chi connectivity index (χ2v) is 6.98. The zero-order valence-electron chi connectivity index (χ0n) is 13.8. The summed E-state index contributed by atoms with van der Waals surface area (Å²) in [7, 11) is 0. The van der Waals surface area contributed by atoms with Crippen molar-refractivity contribution in [2.45, 2.75) is 60.9 Å². The average molecular weight is 256 g/mol. The van der Waals surface area contributed by atoms with Crippen molar-refractivity contribution in [1.82, 2.24) is 10.2 Å². The monoisotopic (exact) mass is 256 g/mol. The van der Waals surface area contributed by atoms with Crippen molar-refractivity contribution in [2.24, 2.45) is 17.8 Å². The first kappa shape index (κ1) is 17.9. The zero-order valence-corrected chi connectivity index (χ0v) is 13.8. The molecule has 2 nitrogen and oxygen atoms in total. The maximum absolute atomic E-state index is 3.60. The van der Waals surface area contributed by atoms with Crippen LogP contribution in [-0.2, 0) is 0 Å². The minimum atomic E-state index is 0.641. The number of nitrogens with one attached hydrogen (secondary N) is 1. The molecule has 0 aromatic heterocycles. The largest absolute Gasteiger partial charge is 0.315 e. The van der Waals surface area contributed by atoms with Crippen LogP contribution in [0.1, 0.15) is 54.9 Å². The highest BCUT2D eigenvalue weighted by atomic mass is 15.2. The summed E-state index contributed by atoms with van der Waals surface area (Å²) in [5.74, 6) is 2.30. The molecule has 0 aliphatic heterocycles. The van der Waals surface area contributed by atoms with E-state index in [1.165, 1.54) is 19.5 Å². The van der Waals surface area contributed by atoms with Gasteiger partial charge in [0.05, 0.1) is 0 Å². The van der Waals surface area contributed by atoms with Crippen LogP contribution in [0.4, 0.5) is 0 Å². The van der Waals surface area contributed by atoms with E-state index in [0.717, 1.165) is 30.8 Å². The quantitative estimate of drug-likeness (QED) is 0.601. The third kappa shape index (κ3) is 9.90. The van der Waals surface area contributed by atoms with Crippen molar-refractivity contribution < 1.29 is 0 Å². The highest BCUT2D eigenvalue weighted by molar-refractivity contribution is 4.72. The van der Waals surface area contributed by atoms with Crippen molar-refractivity contribution in [1.29, 1.82) is 0 Å². The van der Waals surface area contributed by atoms with Gasteiger partial charge in [0.2, 0.25) is 0 Å². The molecular formula is C16H36N2. The molecule has 0 aromatic carbocycles. The Morgan fingerprint density at radius 3 is 1.67 bits per heavy atom. The lowest BCUT2D eigenvalue weighted by molar-refractivity contribution is 0.163. The molecule has 1 atom stereocenters. The fourth-order valence-electron chi connectivity index (χ4n) is 2.20. The summed E-state index contributed by atoms with van der Waals surface area (Å²) in [6.07, 6.45) is 1.28. The maximum atomic E-state index is 3.60. The van der Waals surface area contributed by atoms with Crippen molar-refractivity contribution in [2.75, 3.05) is 26.2 Å². The van der Waals surface area contributed by atoms with E-state index in [4.69, 9.17) is 0 Å². The van der Waals surface area contributed by atoms with Crippen molar-refractivity contribution in [3.8, 4) is 0 Å². The first-order chi connectivity index (χ1) is 8.32. The zero-order chi connectivity index (χ0) is 14.1. The van der Waals surface area contributed by atoms with Gasteiger partial charge in [-0.3, -0.25) is 4.90 Å². The Labute approximate surface area is 116 Å². The standard InChI is InChI=1S/C16H36N2/c1-13(2)8-9-17-10-16(7)18(11-14(3)4)12-15(5)6/h13-17H,8-12H2,1-7H3. The second kappa shape index (κ2) is 9.80. The number of nitrogens with zero attached hydrogens (tertiary/aromatic N) is 1. The van der Waals surface area contributed by atoms with Gasteiger partial charge in [-0.15, -0.1) is 0 Å². The molecule has 0 aliphatic carbocycles. The van der Waals surface area contributed by atoms with Gasteiger partial charge in [0.1, 0.15) is 0 Å². The predicted molar refractivity (Wildman–Crippen MR) is 83.0 cm³/mol. The van der Waals surface area contributed by atoms with Crippen LogP contribution >= 0.6 is 0 Å². The molecule has 0 aliphatic rings.